The maximum Gasteiger partial charge on any atom is 0.333 e. The topological polar surface area (TPSA) is 332 Å². The van der Waals surface area contributed by atoms with E-state index in [-0.39, 0.29) is 32.1 Å². The highest BCUT2D eigenvalue weighted by Crippen LogP contribution is 2.45. The van der Waals surface area contributed by atoms with E-state index in [9.17, 15) is 65.8 Å². The zero-order chi connectivity index (χ0) is 37.3. The summed E-state index contributed by atoms with van der Waals surface area (Å²) in [5.74, 6) is -3.82. The highest BCUT2D eigenvalue weighted by atomic mass is 16.7. The molecule has 0 aromatic heterocycles. The summed E-state index contributed by atoms with van der Waals surface area (Å²) in [6.45, 7) is -1.41. The molecule has 2 saturated carbocycles. The number of hydrogen-bond donors (Lipinski definition) is 12. The average molecular weight is 743 g/mol. The van der Waals surface area contributed by atoms with Crippen LogP contribution in [0, 0.1) is 11.8 Å². The molecular formula is C31H50O20. The molecular weight excluding hydrogens is 692 g/mol. The largest absolute Gasteiger partial charge is 0.479 e. The van der Waals surface area contributed by atoms with Crippen LogP contribution < -0.4 is 0 Å². The van der Waals surface area contributed by atoms with Gasteiger partial charge in [-0.05, 0) is 38.0 Å². The van der Waals surface area contributed by atoms with Crippen molar-refractivity contribution in [2.45, 2.75) is 155 Å². The van der Waals surface area contributed by atoms with Gasteiger partial charge in [0, 0.05) is 12.3 Å². The Bertz CT molecular complexity index is 1160. The Morgan fingerprint density at radius 1 is 0.686 bits per heavy atom. The number of esters is 1. The Kier molecular flexibility index (Phi) is 13.6. The minimum absolute atomic E-state index is 0.0166. The highest BCUT2D eigenvalue weighted by molar-refractivity contribution is 5.80. The van der Waals surface area contributed by atoms with Crippen molar-refractivity contribution >= 4 is 11.9 Å². The zero-order valence-corrected chi connectivity index (χ0v) is 27.5. The molecule has 0 aromatic rings. The van der Waals surface area contributed by atoms with E-state index in [1.165, 1.54) is 0 Å². The molecule has 12 N–H and O–H groups in total. The minimum Gasteiger partial charge on any atom is -0.479 e. The van der Waals surface area contributed by atoms with Crippen molar-refractivity contribution in [1.29, 1.82) is 0 Å². The summed E-state index contributed by atoms with van der Waals surface area (Å²) in [6.07, 6.45) is -24.9. The minimum atomic E-state index is -2.04. The number of carboxylic acid groups (broad SMARTS) is 1. The number of carbonyl (C=O) groups is 2. The lowest BCUT2D eigenvalue weighted by Crippen LogP contribution is -2.63. The quantitative estimate of drug-likeness (QED) is 0.0877. The summed E-state index contributed by atoms with van der Waals surface area (Å²) in [5, 5.41) is 123. The first-order valence-electron chi connectivity index (χ1n) is 17.2. The number of hydrogen-bond acceptors (Lipinski definition) is 19. The van der Waals surface area contributed by atoms with Crippen LogP contribution >= 0.6 is 0 Å². The molecule has 0 spiro atoms. The number of aliphatic hydroxyl groups is 11. The second-order valence-electron chi connectivity index (χ2n) is 14.2. The molecule has 0 amide bonds. The Hall–Kier alpha value is -1.70. The number of ether oxygens (including phenoxy) is 6. The molecule has 51 heavy (non-hydrogen) atoms. The Labute approximate surface area is 291 Å². The van der Waals surface area contributed by atoms with E-state index in [0.29, 0.717) is 6.42 Å². The van der Waals surface area contributed by atoms with Gasteiger partial charge < -0.3 is 89.7 Å². The predicted molar refractivity (Wildman–Crippen MR) is 161 cm³/mol. The Morgan fingerprint density at radius 2 is 1.29 bits per heavy atom. The Balaban J connectivity index is 1.35. The fraction of sp³-hybridized carbons (Fsp3) is 0.935. The summed E-state index contributed by atoms with van der Waals surface area (Å²) >= 11 is 0. The van der Waals surface area contributed by atoms with Crippen LogP contribution in [0.25, 0.3) is 0 Å². The molecule has 3 heterocycles. The summed E-state index contributed by atoms with van der Waals surface area (Å²) in [4.78, 5) is 22.9. The number of aliphatic hydroxyl groups excluding tert-OH is 11. The lowest BCUT2D eigenvalue weighted by Gasteiger charge is -2.52. The molecule has 0 bridgehead atoms. The van der Waals surface area contributed by atoms with Crippen molar-refractivity contribution in [3.05, 3.63) is 0 Å². The third kappa shape index (κ3) is 9.16. The van der Waals surface area contributed by atoms with Crippen molar-refractivity contribution in [2.24, 2.45) is 11.8 Å². The molecule has 9 unspecified atom stereocenters. The van der Waals surface area contributed by atoms with Crippen LogP contribution in [-0.2, 0) is 38.0 Å². The second kappa shape index (κ2) is 17.2. The van der Waals surface area contributed by atoms with Crippen molar-refractivity contribution in [2.75, 3.05) is 13.2 Å². The van der Waals surface area contributed by atoms with Gasteiger partial charge in [0.25, 0.3) is 0 Å². The van der Waals surface area contributed by atoms with Gasteiger partial charge in [-0.15, -0.1) is 0 Å². The van der Waals surface area contributed by atoms with Crippen molar-refractivity contribution in [3.8, 4) is 0 Å². The van der Waals surface area contributed by atoms with Crippen LogP contribution in [0.3, 0.4) is 0 Å². The van der Waals surface area contributed by atoms with Gasteiger partial charge in [-0.2, -0.15) is 0 Å². The van der Waals surface area contributed by atoms with Gasteiger partial charge in [0.05, 0.1) is 55.8 Å². The van der Waals surface area contributed by atoms with E-state index in [1.54, 1.807) is 0 Å². The molecule has 3 saturated heterocycles. The lowest BCUT2D eigenvalue weighted by molar-refractivity contribution is -0.344. The van der Waals surface area contributed by atoms with Gasteiger partial charge in [-0.3, -0.25) is 4.79 Å². The van der Waals surface area contributed by atoms with Crippen LogP contribution in [-0.4, -0.2) is 197 Å². The number of rotatable bonds is 11. The number of carboxylic acids is 1. The summed E-state index contributed by atoms with van der Waals surface area (Å²) < 4.78 is 35.1. The zero-order valence-electron chi connectivity index (χ0n) is 27.5. The molecule has 294 valence electrons. The first-order valence-corrected chi connectivity index (χ1v) is 17.2. The third-order valence-electron chi connectivity index (χ3n) is 10.6. The number of carbonyl (C=O) groups excluding carboxylic acids is 1. The van der Waals surface area contributed by atoms with Gasteiger partial charge in [0.1, 0.15) is 55.4 Å². The molecule has 3 aliphatic heterocycles. The summed E-state index contributed by atoms with van der Waals surface area (Å²) in [7, 11) is 0. The molecule has 2 aliphatic carbocycles. The number of fused-ring (bicyclic) bond motifs is 1. The fourth-order valence-corrected chi connectivity index (χ4v) is 7.71. The molecule has 20 heteroatoms. The van der Waals surface area contributed by atoms with Gasteiger partial charge in [-0.25, -0.2) is 4.79 Å². The van der Waals surface area contributed by atoms with E-state index in [2.05, 4.69) is 0 Å². The average Bonchev–Trinajstić information content (AvgIpc) is 3.09. The second-order valence-corrected chi connectivity index (χ2v) is 14.2. The molecule has 20 atom stereocenters. The van der Waals surface area contributed by atoms with Crippen LogP contribution in [0.15, 0.2) is 0 Å². The van der Waals surface area contributed by atoms with Crippen molar-refractivity contribution in [1.82, 2.24) is 0 Å². The van der Waals surface area contributed by atoms with Gasteiger partial charge in [-0.1, -0.05) is 0 Å². The fourth-order valence-electron chi connectivity index (χ4n) is 7.71. The van der Waals surface area contributed by atoms with E-state index < -0.39 is 154 Å². The van der Waals surface area contributed by atoms with Gasteiger partial charge >= 0.3 is 11.9 Å². The van der Waals surface area contributed by atoms with E-state index in [4.69, 9.17) is 33.5 Å². The van der Waals surface area contributed by atoms with Crippen molar-refractivity contribution in [3.63, 3.8) is 0 Å². The first-order chi connectivity index (χ1) is 24.1. The van der Waals surface area contributed by atoms with E-state index >= 15 is 0 Å². The SMILES string of the molecule is O=C(C[C@@H](O)C(=O)O)OC[C@H]1O[C@@H](OC2CC3C(CC(O)CC3O[C@@H]3O[C@H](CO)[C@@H](O)[C@H](O)[C@H]3O)OC2C2CCC(O)C(O)C2)[C@H](O)[C@@H](O)[C@@H]1O. The maximum absolute atomic E-state index is 12.1. The van der Waals surface area contributed by atoms with E-state index in [1.807, 2.05) is 0 Å². The smallest absolute Gasteiger partial charge is 0.333 e. The number of aliphatic carboxylic acids is 1. The highest BCUT2D eigenvalue weighted by Gasteiger charge is 2.54. The summed E-state index contributed by atoms with van der Waals surface area (Å²) in [5.41, 5.74) is 0. The van der Waals surface area contributed by atoms with Crippen LogP contribution in [0.4, 0.5) is 0 Å². The predicted octanol–water partition coefficient (Wildman–Crippen LogP) is -5.81. The lowest BCUT2D eigenvalue weighted by atomic mass is 9.72. The normalized spacial score (nSPS) is 48.3. The molecule has 5 rings (SSSR count). The standard InChI is InChI=1S/C31H50O20/c32-8-19-22(38)24(40)26(42)30(50-19)48-17-5-11(33)4-16-12(17)6-18(28(47-16)10-1-2-13(34)14(35)3-10)49-31-27(43)25(41)23(39)20(51-31)9-46-21(37)7-15(36)29(44)45/h10-20,22-28,30-36,38-43H,1-9H2,(H,44,45)/t10?,11?,12?,13?,14?,15-,16?,17?,18?,19-,20-,22-,23-,24+,25+,26-,27-,28?,30-,31-/m1/s1. The first kappa shape index (κ1) is 40.5. The Morgan fingerprint density at radius 3 is 1.90 bits per heavy atom. The van der Waals surface area contributed by atoms with Crippen LogP contribution in [0.5, 0.6) is 0 Å². The molecule has 0 radical (unpaired) electrons. The van der Waals surface area contributed by atoms with Crippen LogP contribution in [0.2, 0.25) is 0 Å². The molecule has 20 nitrogen and oxygen atoms in total. The maximum atomic E-state index is 12.1. The van der Waals surface area contributed by atoms with Crippen molar-refractivity contribution < 1.29 is 99.3 Å². The monoisotopic (exact) mass is 742 g/mol. The summed E-state index contributed by atoms with van der Waals surface area (Å²) in [6, 6.07) is 0. The van der Waals surface area contributed by atoms with E-state index in [0.717, 1.165) is 0 Å². The third-order valence-corrected chi connectivity index (χ3v) is 10.6. The molecule has 5 aliphatic rings. The van der Waals surface area contributed by atoms with Crippen LogP contribution in [0.1, 0.15) is 44.9 Å². The van der Waals surface area contributed by atoms with Gasteiger partial charge in [0.15, 0.2) is 18.7 Å². The molecule has 5 fully saturated rings. The molecule has 0 aromatic carbocycles. The van der Waals surface area contributed by atoms with Gasteiger partial charge in [0.2, 0.25) is 0 Å².